The van der Waals surface area contributed by atoms with E-state index in [0.29, 0.717) is 10.0 Å². The van der Waals surface area contributed by atoms with Crippen LogP contribution in [0.5, 0.6) is 0 Å². The molecule has 0 saturated heterocycles. The Morgan fingerprint density at radius 2 is 1.85 bits per heavy atom. The van der Waals surface area contributed by atoms with E-state index in [1.807, 2.05) is 6.07 Å². The molecule has 1 nitrogen and oxygen atoms in total. The summed E-state index contributed by atoms with van der Waals surface area (Å²) < 4.78 is 0.920. The first kappa shape index (κ1) is 9.25. The van der Waals surface area contributed by atoms with Gasteiger partial charge in [0.15, 0.2) is 0 Å². The summed E-state index contributed by atoms with van der Waals surface area (Å²) in [6.07, 6.45) is 3.43. The zero-order chi connectivity index (χ0) is 9.42. The molecule has 1 heterocycles. The highest BCUT2D eigenvalue weighted by atomic mass is 79.9. The molecule has 4 heteroatoms. The average Bonchev–Trinajstić information content (AvgIpc) is 2.12. The Kier molecular flexibility index (Phi) is 2.45. The van der Waals surface area contributed by atoms with E-state index in [1.54, 1.807) is 18.5 Å². The van der Waals surface area contributed by atoms with E-state index >= 15 is 0 Å². The van der Waals surface area contributed by atoms with E-state index in [-0.39, 0.29) is 0 Å². The number of hydrogen-bond acceptors (Lipinski definition) is 1. The molecule has 0 atom stereocenters. The molecule has 2 aromatic rings. The zero-order valence-corrected chi connectivity index (χ0v) is 9.49. The van der Waals surface area contributed by atoms with Gasteiger partial charge in [0, 0.05) is 27.6 Å². The third-order valence-electron chi connectivity index (χ3n) is 1.78. The number of benzene rings is 1. The molecule has 13 heavy (non-hydrogen) atoms. The first-order chi connectivity index (χ1) is 6.20. The first-order valence-electron chi connectivity index (χ1n) is 3.57. The molecule has 0 N–H and O–H groups in total. The van der Waals surface area contributed by atoms with Crippen molar-refractivity contribution in [1.82, 2.24) is 4.98 Å². The van der Waals surface area contributed by atoms with Crippen molar-refractivity contribution in [3.05, 3.63) is 39.0 Å². The van der Waals surface area contributed by atoms with Crippen molar-refractivity contribution in [3.8, 4) is 0 Å². The van der Waals surface area contributed by atoms with Crippen LogP contribution in [-0.4, -0.2) is 4.98 Å². The van der Waals surface area contributed by atoms with E-state index in [2.05, 4.69) is 20.9 Å². The summed E-state index contributed by atoms with van der Waals surface area (Å²) in [5.41, 5.74) is 0. The number of pyridine rings is 1. The van der Waals surface area contributed by atoms with Crippen molar-refractivity contribution in [2.75, 3.05) is 0 Å². The van der Waals surface area contributed by atoms with Gasteiger partial charge in [0.2, 0.25) is 0 Å². The average molecular weight is 277 g/mol. The van der Waals surface area contributed by atoms with Crippen molar-refractivity contribution in [1.29, 1.82) is 0 Å². The normalized spacial score (nSPS) is 10.7. The Morgan fingerprint density at radius 1 is 1.08 bits per heavy atom. The monoisotopic (exact) mass is 275 g/mol. The number of hydrogen-bond donors (Lipinski definition) is 0. The molecule has 0 aliphatic carbocycles. The van der Waals surface area contributed by atoms with Crippen molar-refractivity contribution in [2.24, 2.45) is 0 Å². The molecule has 0 bridgehead atoms. The Morgan fingerprint density at radius 3 is 2.62 bits per heavy atom. The molecule has 1 aromatic carbocycles. The highest BCUT2D eigenvalue weighted by molar-refractivity contribution is 9.10. The van der Waals surface area contributed by atoms with Crippen LogP contribution in [0, 0.1) is 0 Å². The molecular formula is C9H4BrCl2N. The Balaban J connectivity index is 2.94. The predicted octanol–water partition coefficient (Wildman–Crippen LogP) is 4.30. The number of nitrogens with zero attached hydrogens (tertiary/aromatic N) is 1. The van der Waals surface area contributed by atoms with E-state index in [1.165, 1.54) is 0 Å². The SMILES string of the molecule is Clc1ccc2c(Br)cncc2c1Cl. The third kappa shape index (κ3) is 1.54. The second-order valence-electron chi connectivity index (χ2n) is 2.58. The molecule has 0 fully saturated rings. The molecule has 2 rings (SSSR count). The van der Waals surface area contributed by atoms with Crippen molar-refractivity contribution in [3.63, 3.8) is 0 Å². The lowest BCUT2D eigenvalue weighted by atomic mass is 10.2. The van der Waals surface area contributed by atoms with Crippen molar-refractivity contribution < 1.29 is 0 Å². The topological polar surface area (TPSA) is 12.9 Å². The fourth-order valence-electron chi connectivity index (χ4n) is 1.15. The van der Waals surface area contributed by atoms with Gasteiger partial charge >= 0.3 is 0 Å². The third-order valence-corrected chi connectivity index (χ3v) is 3.23. The Hall–Kier alpha value is -0.310. The molecule has 0 unspecified atom stereocenters. The standard InChI is InChI=1S/C9H4BrCl2N/c10-7-4-13-3-6-5(7)1-2-8(11)9(6)12/h1-4H. The second kappa shape index (κ2) is 3.45. The Labute approximate surface area is 93.8 Å². The molecule has 66 valence electrons. The van der Waals surface area contributed by atoms with E-state index in [9.17, 15) is 0 Å². The maximum atomic E-state index is 6.01. The van der Waals surface area contributed by atoms with Crippen molar-refractivity contribution >= 4 is 49.9 Å². The minimum absolute atomic E-state index is 0.549. The van der Waals surface area contributed by atoms with Crippen LogP contribution < -0.4 is 0 Å². The molecule has 1 aromatic heterocycles. The van der Waals surface area contributed by atoms with Crippen LogP contribution >= 0.6 is 39.1 Å². The maximum absolute atomic E-state index is 6.01. The van der Waals surface area contributed by atoms with Crippen LogP contribution in [0.2, 0.25) is 10.0 Å². The minimum Gasteiger partial charge on any atom is -0.263 e. The molecule has 0 radical (unpaired) electrons. The lowest BCUT2D eigenvalue weighted by molar-refractivity contribution is 1.35. The lowest BCUT2D eigenvalue weighted by Gasteiger charge is -2.02. The molecule has 0 saturated carbocycles. The van der Waals surface area contributed by atoms with Gasteiger partial charge in [-0.2, -0.15) is 0 Å². The van der Waals surface area contributed by atoms with E-state index in [0.717, 1.165) is 15.2 Å². The number of fused-ring (bicyclic) bond motifs is 1. The van der Waals surface area contributed by atoms with Gasteiger partial charge in [0.25, 0.3) is 0 Å². The summed E-state index contributed by atoms with van der Waals surface area (Å²) in [4.78, 5) is 4.02. The summed E-state index contributed by atoms with van der Waals surface area (Å²) in [5.74, 6) is 0. The van der Waals surface area contributed by atoms with Gasteiger partial charge in [0.1, 0.15) is 0 Å². The molecular weight excluding hydrogens is 273 g/mol. The smallest absolute Gasteiger partial charge is 0.0686 e. The number of rotatable bonds is 0. The quantitative estimate of drug-likeness (QED) is 0.699. The largest absolute Gasteiger partial charge is 0.263 e. The number of halogens is 3. The maximum Gasteiger partial charge on any atom is 0.0686 e. The van der Waals surface area contributed by atoms with Crippen LogP contribution in [0.3, 0.4) is 0 Å². The van der Waals surface area contributed by atoms with Crippen molar-refractivity contribution in [2.45, 2.75) is 0 Å². The summed E-state index contributed by atoms with van der Waals surface area (Å²) in [6, 6.07) is 3.69. The summed E-state index contributed by atoms with van der Waals surface area (Å²) in [6.45, 7) is 0. The van der Waals surface area contributed by atoms with Crippen LogP contribution in [-0.2, 0) is 0 Å². The second-order valence-corrected chi connectivity index (χ2v) is 4.22. The van der Waals surface area contributed by atoms with Gasteiger partial charge in [-0.3, -0.25) is 4.98 Å². The van der Waals surface area contributed by atoms with Crippen LogP contribution in [0.25, 0.3) is 10.8 Å². The Bertz CT molecular complexity index is 470. The van der Waals surface area contributed by atoms with Gasteiger partial charge < -0.3 is 0 Å². The van der Waals surface area contributed by atoms with Gasteiger partial charge in [-0.05, 0) is 22.0 Å². The van der Waals surface area contributed by atoms with E-state index in [4.69, 9.17) is 23.2 Å². The highest BCUT2D eigenvalue weighted by Crippen LogP contribution is 2.33. The van der Waals surface area contributed by atoms with Gasteiger partial charge in [-0.15, -0.1) is 0 Å². The molecule has 0 aliphatic rings. The molecule has 0 aliphatic heterocycles. The summed E-state index contributed by atoms with van der Waals surface area (Å²) in [7, 11) is 0. The van der Waals surface area contributed by atoms with Gasteiger partial charge in [0.05, 0.1) is 10.0 Å². The van der Waals surface area contributed by atoms with Crippen LogP contribution in [0.15, 0.2) is 29.0 Å². The van der Waals surface area contributed by atoms with Crippen LogP contribution in [0.1, 0.15) is 0 Å². The van der Waals surface area contributed by atoms with Gasteiger partial charge in [-0.25, -0.2) is 0 Å². The number of aromatic nitrogens is 1. The summed E-state index contributed by atoms with van der Waals surface area (Å²) in [5, 5.41) is 2.98. The van der Waals surface area contributed by atoms with Crippen LogP contribution in [0.4, 0.5) is 0 Å². The fraction of sp³-hybridized carbons (Fsp3) is 0. The minimum atomic E-state index is 0.549. The highest BCUT2D eigenvalue weighted by Gasteiger charge is 2.05. The van der Waals surface area contributed by atoms with E-state index < -0.39 is 0 Å². The molecule has 0 spiro atoms. The predicted molar refractivity (Wildman–Crippen MR) is 59.5 cm³/mol. The first-order valence-corrected chi connectivity index (χ1v) is 5.12. The fourth-order valence-corrected chi connectivity index (χ4v) is 1.99. The summed E-state index contributed by atoms with van der Waals surface area (Å²) >= 11 is 15.3. The van der Waals surface area contributed by atoms with Gasteiger partial charge in [-0.1, -0.05) is 29.3 Å². The zero-order valence-electron chi connectivity index (χ0n) is 6.39. The molecule has 0 amide bonds. The lowest BCUT2D eigenvalue weighted by Crippen LogP contribution is -1.79.